The lowest BCUT2D eigenvalue weighted by Gasteiger charge is -2.41. The third-order valence-corrected chi connectivity index (χ3v) is 4.19. The van der Waals surface area contributed by atoms with Crippen molar-refractivity contribution in [2.45, 2.75) is 51.7 Å². The highest BCUT2D eigenvalue weighted by atomic mass is 35.5. The maximum Gasteiger partial charge on any atom is 0.0860 e. The number of nitrogens with zero attached hydrogens (tertiary/aromatic N) is 2. The number of halogens is 1. The van der Waals surface area contributed by atoms with Gasteiger partial charge < -0.3 is 10.4 Å². The van der Waals surface area contributed by atoms with E-state index in [4.69, 9.17) is 11.6 Å². The summed E-state index contributed by atoms with van der Waals surface area (Å²) in [7, 11) is 0. The minimum atomic E-state index is -0.0833. The fourth-order valence-electron chi connectivity index (χ4n) is 2.30. The predicted molar refractivity (Wildman–Crippen MR) is 68.2 cm³/mol. The van der Waals surface area contributed by atoms with Crippen LogP contribution < -0.4 is 5.32 Å². The summed E-state index contributed by atoms with van der Waals surface area (Å²) in [6.45, 7) is 5.66. The van der Waals surface area contributed by atoms with Crippen molar-refractivity contribution in [3.05, 3.63) is 16.4 Å². The molecule has 1 aliphatic rings. The largest absolute Gasteiger partial charge is 0.394 e. The molecule has 2 rings (SSSR count). The Hall–Kier alpha value is -0.580. The zero-order chi connectivity index (χ0) is 12.5. The SMILES string of the molecule is CCn1nc(C)c(Cl)c1CNC1(CO)CCC1. The van der Waals surface area contributed by atoms with Crippen LogP contribution in [0.2, 0.25) is 5.02 Å². The van der Waals surface area contributed by atoms with Crippen molar-refractivity contribution in [1.82, 2.24) is 15.1 Å². The lowest BCUT2D eigenvalue weighted by atomic mass is 9.77. The summed E-state index contributed by atoms with van der Waals surface area (Å²) in [6.07, 6.45) is 3.27. The van der Waals surface area contributed by atoms with Gasteiger partial charge in [-0.15, -0.1) is 0 Å². The Bertz CT molecular complexity index is 393. The average molecular weight is 258 g/mol. The Balaban J connectivity index is 2.08. The number of aromatic nitrogens is 2. The van der Waals surface area contributed by atoms with Crippen LogP contribution in [0.15, 0.2) is 0 Å². The number of nitrogens with one attached hydrogen (secondary N) is 1. The van der Waals surface area contributed by atoms with Crippen molar-refractivity contribution < 1.29 is 5.11 Å². The highest BCUT2D eigenvalue weighted by molar-refractivity contribution is 6.31. The van der Waals surface area contributed by atoms with Crippen LogP contribution in [0.25, 0.3) is 0 Å². The van der Waals surface area contributed by atoms with Crippen LogP contribution >= 0.6 is 11.6 Å². The van der Waals surface area contributed by atoms with Crippen LogP contribution in [0.1, 0.15) is 37.6 Å². The number of aliphatic hydroxyl groups is 1. The lowest BCUT2D eigenvalue weighted by Crippen LogP contribution is -2.53. The van der Waals surface area contributed by atoms with Gasteiger partial charge in [-0.25, -0.2) is 0 Å². The van der Waals surface area contributed by atoms with Crippen LogP contribution in [0.4, 0.5) is 0 Å². The smallest absolute Gasteiger partial charge is 0.0860 e. The van der Waals surface area contributed by atoms with E-state index in [1.165, 1.54) is 6.42 Å². The Morgan fingerprint density at radius 2 is 2.24 bits per heavy atom. The molecule has 0 bridgehead atoms. The van der Waals surface area contributed by atoms with E-state index in [1.807, 2.05) is 11.6 Å². The predicted octanol–water partition coefficient (Wildman–Crippen LogP) is 1.87. The standard InChI is InChI=1S/C12H20ClN3O/c1-3-16-10(11(13)9(2)15-16)7-14-12(8-17)5-4-6-12/h14,17H,3-8H2,1-2H3. The molecule has 17 heavy (non-hydrogen) atoms. The van der Waals surface area contributed by atoms with Gasteiger partial charge in [-0.1, -0.05) is 11.6 Å². The van der Waals surface area contributed by atoms with Crippen LogP contribution in [-0.4, -0.2) is 27.0 Å². The van der Waals surface area contributed by atoms with E-state index in [1.54, 1.807) is 0 Å². The molecule has 1 aromatic heterocycles. The third-order valence-electron chi connectivity index (χ3n) is 3.70. The highest BCUT2D eigenvalue weighted by Gasteiger charge is 2.36. The summed E-state index contributed by atoms with van der Waals surface area (Å²) in [5, 5.41) is 18.0. The van der Waals surface area contributed by atoms with E-state index in [0.29, 0.717) is 6.54 Å². The van der Waals surface area contributed by atoms with E-state index in [2.05, 4.69) is 17.3 Å². The Labute approximate surface area is 107 Å². The zero-order valence-corrected chi connectivity index (χ0v) is 11.2. The average Bonchev–Trinajstić information content (AvgIpc) is 2.55. The monoisotopic (exact) mass is 257 g/mol. The Morgan fingerprint density at radius 3 is 2.71 bits per heavy atom. The molecule has 4 nitrogen and oxygen atoms in total. The van der Waals surface area contributed by atoms with Crippen molar-refractivity contribution >= 4 is 11.6 Å². The van der Waals surface area contributed by atoms with Gasteiger partial charge in [-0.2, -0.15) is 5.10 Å². The molecule has 0 aliphatic heterocycles. The van der Waals surface area contributed by atoms with Gasteiger partial charge in [0.05, 0.1) is 23.0 Å². The molecule has 1 fully saturated rings. The van der Waals surface area contributed by atoms with Gasteiger partial charge >= 0.3 is 0 Å². The minimum Gasteiger partial charge on any atom is -0.394 e. The summed E-state index contributed by atoms with van der Waals surface area (Å²) in [5.41, 5.74) is 1.81. The van der Waals surface area contributed by atoms with Crippen molar-refractivity contribution in [2.24, 2.45) is 0 Å². The van der Waals surface area contributed by atoms with E-state index < -0.39 is 0 Å². The van der Waals surface area contributed by atoms with Gasteiger partial charge in [0, 0.05) is 18.6 Å². The Morgan fingerprint density at radius 1 is 1.53 bits per heavy atom. The number of aliphatic hydroxyl groups excluding tert-OH is 1. The quantitative estimate of drug-likeness (QED) is 0.847. The number of aryl methyl sites for hydroxylation is 2. The first-order chi connectivity index (χ1) is 8.12. The van der Waals surface area contributed by atoms with Crippen LogP contribution in [0.5, 0.6) is 0 Å². The summed E-state index contributed by atoms with van der Waals surface area (Å²) in [4.78, 5) is 0. The number of hydrogen-bond donors (Lipinski definition) is 2. The summed E-state index contributed by atoms with van der Waals surface area (Å²) in [6, 6.07) is 0. The molecule has 1 heterocycles. The van der Waals surface area contributed by atoms with Gasteiger partial charge in [-0.3, -0.25) is 4.68 Å². The Kier molecular flexibility index (Phi) is 3.76. The second kappa shape index (κ2) is 4.96. The van der Waals surface area contributed by atoms with E-state index in [-0.39, 0.29) is 12.1 Å². The van der Waals surface area contributed by atoms with E-state index in [0.717, 1.165) is 35.8 Å². The van der Waals surface area contributed by atoms with Crippen LogP contribution in [0, 0.1) is 6.92 Å². The van der Waals surface area contributed by atoms with Crippen molar-refractivity contribution in [3.63, 3.8) is 0 Å². The maximum absolute atomic E-state index is 9.40. The van der Waals surface area contributed by atoms with Crippen LogP contribution in [-0.2, 0) is 13.1 Å². The van der Waals surface area contributed by atoms with Crippen LogP contribution in [0.3, 0.4) is 0 Å². The molecule has 2 N–H and O–H groups in total. The molecule has 0 amide bonds. The first-order valence-electron chi connectivity index (χ1n) is 6.19. The number of rotatable bonds is 5. The molecular weight excluding hydrogens is 238 g/mol. The van der Waals surface area contributed by atoms with E-state index >= 15 is 0 Å². The second-order valence-corrected chi connectivity index (χ2v) is 5.19. The molecule has 0 atom stereocenters. The fourth-order valence-corrected chi connectivity index (χ4v) is 2.51. The highest BCUT2D eigenvalue weighted by Crippen LogP contribution is 2.32. The fraction of sp³-hybridized carbons (Fsp3) is 0.750. The van der Waals surface area contributed by atoms with Crippen molar-refractivity contribution in [1.29, 1.82) is 0 Å². The molecule has 1 saturated carbocycles. The van der Waals surface area contributed by atoms with Gasteiger partial charge in [0.2, 0.25) is 0 Å². The molecule has 0 spiro atoms. The third kappa shape index (κ3) is 2.34. The van der Waals surface area contributed by atoms with Gasteiger partial charge in [0.25, 0.3) is 0 Å². The second-order valence-electron chi connectivity index (χ2n) is 4.81. The van der Waals surface area contributed by atoms with E-state index in [9.17, 15) is 5.11 Å². The molecule has 1 aromatic rings. The summed E-state index contributed by atoms with van der Waals surface area (Å²) < 4.78 is 1.93. The topological polar surface area (TPSA) is 50.1 Å². The maximum atomic E-state index is 9.40. The molecule has 0 aromatic carbocycles. The summed E-state index contributed by atoms with van der Waals surface area (Å²) >= 11 is 6.24. The molecule has 0 saturated heterocycles. The zero-order valence-electron chi connectivity index (χ0n) is 10.5. The molecule has 0 radical (unpaired) electrons. The minimum absolute atomic E-state index is 0.0833. The van der Waals surface area contributed by atoms with Crippen molar-refractivity contribution in [2.75, 3.05) is 6.61 Å². The first-order valence-corrected chi connectivity index (χ1v) is 6.57. The van der Waals surface area contributed by atoms with Gasteiger partial charge in [0.15, 0.2) is 0 Å². The van der Waals surface area contributed by atoms with Gasteiger partial charge in [-0.05, 0) is 33.1 Å². The lowest BCUT2D eigenvalue weighted by molar-refractivity contribution is 0.0864. The normalized spacial score (nSPS) is 18.1. The first kappa shape index (κ1) is 12.9. The molecule has 0 unspecified atom stereocenters. The molecule has 5 heteroatoms. The molecule has 96 valence electrons. The van der Waals surface area contributed by atoms with Gasteiger partial charge in [0.1, 0.15) is 0 Å². The van der Waals surface area contributed by atoms with Crippen molar-refractivity contribution in [3.8, 4) is 0 Å². The summed E-state index contributed by atoms with van der Waals surface area (Å²) in [5.74, 6) is 0. The number of hydrogen-bond acceptors (Lipinski definition) is 3. The molecular formula is C12H20ClN3O. The molecule has 1 aliphatic carbocycles.